The number of amides is 1. The molecule has 7 nitrogen and oxygen atoms in total. The third-order valence-electron chi connectivity index (χ3n) is 3.59. The van der Waals surface area contributed by atoms with Crippen LogP contribution in [-0.2, 0) is 16.1 Å². The van der Waals surface area contributed by atoms with Crippen molar-refractivity contribution in [3.8, 4) is 0 Å². The lowest BCUT2D eigenvalue weighted by Crippen LogP contribution is -2.46. The molecule has 0 spiro atoms. The van der Waals surface area contributed by atoms with Gasteiger partial charge < -0.3 is 20.2 Å². The number of nitrogens with two attached hydrogens (primary N) is 1. The molecule has 1 fully saturated rings. The number of primary amides is 1. The first-order valence-electron chi connectivity index (χ1n) is 7.00. The fourth-order valence-electron chi connectivity index (χ4n) is 2.56. The highest BCUT2D eigenvalue weighted by Gasteiger charge is 2.24. The molecule has 1 amide bonds. The smallest absolute Gasteiger partial charge is 0.373 e. The zero-order valence-corrected chi connectivity index (χ0v) is 12.1. The van der Waals surface area contributed by atoms with E-state index >= 15 is 0 Å². The second-order valence-electron chi connectivity index (χ2n) is 5.11. The van der Waals surface area contributed by atoms with Gasteiger partial charge in [0.15, 0.2) is 0 Å². The average molecular weight is 295 g/mol. The number of furan rings is 1. The summed E-state index contributed by atoms with van der Waals surface area (Å²) in [6.07, 6.45) is 1.91. The molecule has 0 bridgehead atoms. The van der Waals surface area contributed by atoms with Crippen LogP contribution in [0.5, 0.6) is 0 Å². The van der Waals surface area contributed by atoms with E-state index in [2.05, 4.69) is 10.1 Å². The largest absolute Gasteiger partial charge is 0.463 e. The van der Waals surface area contributed by atoms with Crippen molar-refractivity contribution in [2.24, 2.45) is 5.73 Å². The van der Waals surface area contributed by atoms with Crippen LogP contribution in [0.15, 0.2) is 16.5 Å². The summed E-state index contributed by atoms with van der Waals surface area (Å²) in [7, 11) is 1.30. The molecule has 1 aromatic heterocycles. The van der Waals surface area contributed by atoms with Gasteiger partial charge in [-0.15, -0.1) is 0 Å². The summed E-state index contributed by atoms with van der Waals surface area (Å²) in [5, 5.41) is 3.29. The van der Waals surface area contributed by atoms with Crippen molar-refractivity contribution in [2.45, 2.75) is 25.4 Å². The quantitative estimate of drug-likeness (QED) is 0.723. The van der Waals surface area contributed by atoms with E-state index < -0.39 is 5.97 Å². The van der Waals surface area contributed by atoms with Crippen molar-refractivity contribution in [1.82, 2.24) is 10.2 Å². The number of ether oxygens (including phenoxy) is 1. The van der Waals surface area contributed by atoms with Crippen molar-refractivity contribution in [2.75, 3.05) is 26.7 Å². The molecule has 2 heterocycles. The van der Waals surface area contributed by atoms with Crippen LogP contribution in [0.2, 0.25) is 0 Å². The summed E-state index contributed by atoms with van der Waals surface area (Å²) < 4.78 is 10.1. The number of nitrogens with zero attached hydrogens (tertiary/aromatic N) is 1. The Kier molecular flexibility index (Phi) is 5.35. The minimum atomic E-state index is -0.510. The highest BCUT2D eigenvalue weighted by molar-refractivity contribution is 5.86. The van der Waals surface area contributed by atoms with E-state index in [0.717, 1.165) is 25.9 Å². The highest BCUT2D eigenvalue weighted by Crippen LogP contribution is 2.17. The third-order valence-corrected chi connectivity index (χ3v) is 3.59. The molecule has 7 heteroatoms. The molecular formula is C14H21N3O4. The Morgan fingerprint density at radius 2 is 2.14 bits per heavy atom. The summed E-state index contributed by atoms with van der Waals surface area (Å²) in [4.78, 5) is 24.6. The maximum atomic E-state index is 11.4. The van der Waals surface area contributed by atoms with Crippen molar-refractivity contribution in [3.63, 3.8) is 0 Å². The van der Waals surface area contributed by atoms with Crippen LogP contribution in [0, 0.1) is 0 Å². The summed E-state index contributed by atoms with van der Waals surface area (Å²) in [5.41, 5.74) is 5.33. The molecule has 2 rings (SSSR count). The average Bonchev–Trinajstić information content (AvgIpc) is 2.95. The van der Waals surface area contributed by atoms with Crippen molar-refractivity contribution in [1.29, 1.82) is 0 Å². The van der Waals surface area contributed by atoms with Crippen LogP contribution in [0.4, 0.5) is 0 Å². The van der Waals surface area contributed by atoms with E-state index in [1.807, 2.05) is 4.90 Å². The zero-order chi connectivity index (χ0) is 15.2. The Labute approximate surface area is 123 Å². The molecule has 116 valence electrons. The predicted molar refractivity (Wildman–Crippen MR) is 75.5 cm³/mol. The number of esters is 1. The second kappa shape index (κ2) is 7.24. The summed E-state index contributed by atoms with van der Waals surface area (Å²) in [6, 6.07) is 3.58. The van der Waals surface area contributed by atoms with Gasteiger partial charge in [-0.25, -0.2) is 4.79 Å². The van der Waals surface area contributed by atoms with Crippen molar-refractivity contribution in [3.05, 3.63) is 23.7 Å². The van der Waals surface area contributed by atoms with E-state index in [4.69, 9.17) is 10.2 Å². The lowest BCUT2D eigenvalue weighted by Gasteiger charge is -2.33. The molecule has 0 aliphatic carbocycles. The van der Waals surface area contributed by atoms with Gasteiger partial charge in [0.1, 0.15) is 5.76 Å². The first-order chi connectivity index (χ1) is 10.1. The normalized spacial score (nSPS) is 16.1. The SMILES string of the molecule is COC(=O)c1ccc(CN(CC(N)=O)C2CCNCC2)o1. The fraction of sp³-hybridized carbons (Fsp3) is 0.571. The Morgan fingerprint density at radius 1 is 1.43 bits per heavy atom. The molecule has 0 unspecified atom stereocenters. The number of rotatable bonds is 6. The van der Waals surface area contributed by atoms with Gasteiger partial charge in [0.25, 0.3) is 0 Å². The van der Waals surface area contributed by atoms with Gasteiger partial charge in [-0.1, -0.05) is 0 Å². The standard InChI is InChI=1S/C14H21N3O4/c1-20-14(19)12-3-2-11(21-12)8-17(9-13(15)18)10-4-6-16-7-5-10/h2-3,10,16H,4-9H2,1H3,(H2,15,18). The molecule has 1 saturated heterocycles. The number of hydrogen-bond acceptors (Lipinski definition) is 6. The van der Waals surface area contributed by atoms with E-state index in [0.29, 0.717) is 12.3 Å². The summed E-state index contributed by atoms with van der Waals surface area (Å²) in [5.74, 6) is -0.0927. The summed E-state index contributed by atoms with van der Waals surface area (Å²) in [6.45, 7) is 2.47. The van der Waals surface area contributed by atoms with Gasteiger partial charge in [0.05, 0.1) is 20.2 Å². The number of nitrogens with one attached hydrogen (secondary N) is 1. The Hall–Kier alpha value is -1.86. The Balaban J connectivity index is 2.04. The number of methoxy groups -OCH3 is 1. The topological polar surface area (TPSA) is 97.8 Å². The van der Waals surface area contributed by atoms with Crippen LogP contribution < -0.4 is 11.1 Å². The minimum absolute atomic E-state index is 0.164. The minimum Gasteiger partial charge on any atom is -0.463 e. The highest BCUT2D eigenvalue weighted by atomic mass is 16.5. The number of carbonyl (C=O) groups excluding carboxylic acids is 2. The third kappa shape index (κ3) is 4.30. The molecule has 0 aromatic carbocycles. The molecule has 1 aliphatic heterocycles. The lowest BCUT2D eigenvalue weighted by molar-refractivity contribution is -0.120. The van der Waals surface area contributed by atoms with Crippen LogP contribution in [-0.4, -0.2) is 49.6 Å². The van der Waals surface area contributed by atoms with Gasteiger partial charge in [-0.3, -0.25) is 9.69 Å². The lowest BCUT2D eigenvalue weighted by atomic mass is 10.0. The van der Waals surface area contributed by atoms with Gasteiger partial charge >= 0.3 is 5.97 Å². The number of carbonyl (C=O) groups is 2. The maximum Gasteiger partial charge on any atom is 0.373 e. The van der Waals surface area contributed by atoms with Gasteiger partial charge in [-0.05, 0) is 38.1 Å². The van der Waals surface area contributed by atoms with E-state index in [-0.39, 0.29) is 24.3 Å². The van der Waals surface area contributed by atoms with E-state index in [1.165, 1.54) is 7.11 Å². The Bertz CT molecular complexity index is 494. The van der Waals surface area contributed by atoms with Crippen LogP contribution >= 0.6 is 0 Å². The van der Waals surface area contributed by atoms with Crippen molar-refractivity contribution >= 4 is 11.9 Å². The van der Waals surface area contributed by atoms with Gasteiger partial charge in [0, 0.05) is 6.04 Å². The van der Waals surface area contributed by atoms with Crippen molar-refractivity contribution < 1.29 is 18.7 Å². The first kappa shape index (κ1) is 15.5. The van der Waals surface area contributed by atoms with Gasteiger partial charge in [-0.2, -0.15) is 0 Å². The molecule has 1 aliphatic rings. The van der Waals surface area contributed by atoms with E-state index in [9.17, 15) is 9.59 Å². The molecule has 0 radical (unpaired) electrons. The van der Waals surface area contributed by atoms with Crippen LogP contribution in [0.3, 0.4) is 0 Å². The molecule has 21 heavy (non-hydrogen) atoms. The monoisotopic (exact) mass is 295 g/mol. The van der Waals surface area contributed by atoms with Gasteiger partial charge in [0.2, 0.25) is 11.7 Å². The summed E-state index contributed by atoms with van der Waals surface area (Å²) >= 11 is 0. The zero-order valence-electron chi connectivity index (χ0n) is 12.1. The molecule has 1 aromatic rings. The van der Waals surface area contributed by atoms with Crippen LogP contribution in [0.25, 0.3) is 0 Å². The second-order valence-corrected chi connectivity index (χ2v) is 5.11. The maximum absolute atomic E-state index is 11.4. The van der Waals surface area contributed by atoms with Crippen LogP contribution in [0.1, 0.15) is 29.2 Å². The molecule has 0 atom stereocenters. The first-order valence-corrected chi connectivity index (χ1v) is 7.00. The van der Waals surface area contributed by atoms with E-state index in [1.54, 1.807) is 12.1 Å². The molecular weight excluding hydrogens is 274 g/mol. The number of piperidine rings is 1. The predicted octanol–water partition coefficient (Wildman–Crippen LogP) is 0.106. The molecule has 0 saturated carbocycles. The number of hydrogen-bond donors (Lipinski definition) is 2. The Morgan fingerprint density at radius 3 is 2.76 bits per heavy atom. The fourth-order valence-corrected chi connectivity index (χ4v) is 2.56. The molecule has 3 N–H and O–H groups in total.